The second kappa shape index (κ2) is 9.53. The quantitative estimate of drug-likeness (QED) is 0.310. The molecule has 0 atom stereocenters. The topological polar surface area (TPSA) is 118 Å². The summed E-state index contributed by atoms with van der Waals surface area (Å²) in [4.78, 5) is 4.48. The highest BCUT2D eigenvalue weighted by Crippen LogP contribution is 2.39. The first kappa shape index (κ1) is 24.2. The van der Waals surface area contributed by atoms with Crippen LogP contribution in [0.25, 0.3) is 33.2 Å². The zero-order valence-corrected chi connectivity index (χ0v) is 20.6. The second-order valence-corrected chi connectivity index (χ2v) is 10.3. The van der Waals surface area contributed by atoms with E-state index in [1.807, 2.05) is 6.07 Å². The van der Waals surface area contributed by atoms with Gasteiger partial charge in [0.1, 0.15) is 22.9 Å². The van der Waals surface area contributed by atoms with Crippen LogP contribution in [0.15, 0.2) is 71.2 Å². The summed E-state index contributed by atoms with van der Waals surface area (Å²) in [6.07, 6.45) is 1.51. The predicted molar refractivity (Wildman–Crippen MR) is 135 cm³/mol. The molecule has 2 heterocycles. The molecule has 0 saturated carbocycles. The molecule has 0 aliphatic carbocycles. The second-order valence-electron chi connectivity index (χ2n) is 7.76. The lowest BCUT2D eigenvalue weighted by Crippen LogP contribution is -2.12. The van der Waals surface area contributed by atoms with Crippen LogP contribution in [0.3, 0.4) is 0 Å². The monoisotopic (exact) mass is 535 g/mol. The van der Waals surface area contributed by atoms with E-state index in [1.165, 1.54) is 37.0 Å². The molecule has 5 rings (SSSR count). The summed E-state index contributed by atoms with van der Waals surface area (Å²) in [6, 6.07) is 14.3. The van der Waals surface area contributed by atoms with Crippen LogP contribution in [0.1, 0.15) is 5.56 Å². The molecule has 0 amide bonds. The van der Waals surface area contributed by atoms with Crippen molar-refractivity contribution >= 4 is 37.3 Å². The Labute approximate surface area is 213 Å². The number of aromatic nitrogens is 3. The van der Waals surface area contributed by atoms with Gasteiger partial charge in [0.2, 0.25) is 5.13 Å². The van der Waals surface area contributed by atoms with Crippen LogP contribution < -0.4 is 9.46 Å². The van der Waals surface area contributed by atoms with E-state index in [0.29, 0.717) is 27.8 Å². The van der Waals surface area contributed by atoms with E-state index < -0.39 is 21.7 Å². The number of rotatable bonds is 6. The largest absolute Gasteiger partial charge is 0.496 e. The molecule has 0 aliphatic heterocycles. The molecular formula is C25H15F2N5O3S2. The van der Waals surface area contributed by atoms with Crippen LogP contribution in [0.5, 0.6) is 5.75 Å². The van der Waals surface area contributed by atoms with Crippen LogP contribution in [0.2, 0.25) is 0 Å². The first-order valence-corrected chi connectivity index (χ1v) is 12.9. The average molecular weight is 536 g/mol. The first-order chi connectivity index (χ1) is 17.8. The highest BCUT2D eigenvalue weighted by Gasteiger charge is 2.20. The number of nitrogens with zero attached hydrogens (tertiary/aromatic N) is 4. The normalized spacial score (nSPS) is 11.3. The molecule has 2 aromatic heterocycles. The molecule has 37 heavy (non-hydrogen) atoms. The van der Waals surface area contributed by atoms with Gasteiger partial charge in [-0.15, -0.1) is 10.2 Å². The molecule has 0 saturated heterocycles. The number of hydrogen-bond acceptors (Lipinski definition) is 8. The smallest absolute Gasteiger partial charge is 0.263 e. The zero-order chi connectivity index (χ0) is 26.2. The van der Waals surface area contributed by atoms with E-state index >= 15 is 0 Å². The standard InChI is InChI=1S/C25H15F2N5O3S2/c1-35-23-9-16(12-28)21(15-6-17(26)10-18(27)7-15)11-22(23)24-20-3-2-19(8-14(20)4-5-29-24)37(33,34)32-25-31-30-13-36-25/h2-11,13H,1H3,(H,31,32). The van der Waals surface area contributed by atoms with Crippen LogP contribution in [0.4, 0.5) is 13.9 Å². The van der Waals surface area contributed by atoms with Gasteiger partial charge in [-0.25, -0.2) is 17.2 Å². The summed E-state index contributed by atoms with van der Waals surface area (Å²) in [7, 11) is -2.49. The number of ether oxygens (including phenoxy) is 1. The number of halogens is 2. The molecule has 0 radical (unpaired) electrons. The zero-order valence-electron chi connectivity index (χ0n) is 18.9. The van der Waals surface area contributed by atoms with Crippen molar-refractivity contribution in [2.45, 2.75) is 4.90 Å². The van der Waals surface area contributed by atoms with Gasteiger partial charge in [-0.1, -0.05) is 17.4 Å². The number of nitrogens with one attached hydrogen (secondary N) is 1. The molecule has 0 aliphatic rings. The number of fused-ring (bicyclic) bond motifs is 1. The minimum atomic E-state index is -3.92. The van der Waals surface area contributed by atoms with Crippen LogP contribution in [-0.2, 0) is 10.0 Å². The van der Waals surface area contributed by atoms with Gasteiger partial charge in [-0.3, -0.25) is 9.71 Å². The lowest BCUT2D eigenvalue weighted by atomic mass is 9.94. The fraction of sp³-hybridized carbons (Fsp3) is 0.0400. The van der Waals surface area contributed by atoms with Crippen molar-refractivity contribution in [1.29, 1.82) is 5.26 Å². The Morgan fingerprint density at radius 1 is 1.03 bits per heavy atom. The van der Waals surface area contributed by atoms with Crippen molar-refractivity contribution < 1.29 is 21.9 Å². The van der Waals surface area contributed by atoms with Gasteiger partial charge in [0.15, 0.2) is 0 Å². The fourth-order valence-corrected chi connectivity index (χ4v) is 5.63. The van der Waals surface area contributed by atoms with E-state index in [-0.39, 0.29) is 26.7 Å². The highest BCUT2D eigenvalue weighted by molar-refractivity contribution is 7.93. The molecule has 12 heteroatoms. The summed E-state index contributed by atoms with van der Waals surface area (Å²) in [6.45, 7) is 0. The number of methoxy groups -OCH3 is 1. The number of nitriles is 1. The number of hydrogen-bond donors (Lipinski definition) is 1. The maximum atomic E-state index is 14.0. The maximum Gasteiger partial charge on any atom is 0.263 e. The van der Waals surface area contributed by atoms with E-state index in [4.69, 9.17) is 4.74 Å². The Bertz CT molecular complexity index is 1780. The molecular weight excluding hydrogens is 520 g/mol. The van der Waals surface area contributed by atoms with Gasteiger partial charge in [0.25, 0.3) is 10.0 Å². The SMILES string of the molecule is COc1cc(C#N)c(-c2cc(F)cc(F)c2)cc1-c1nccc2cc(S(=O)(=O)Nc3nncs3)ccc12. The van der Waals surface area contributed by atoms with Gasteiger partial charge < -0.3 is 4.74 Å². The molecule has 5 aromatic rings. The summed E-state index contributed by atoms with van der Waals surface area (Å²) in [5, 5.41) is 18.3. The highest BCUT2D eigenvalue weighted by atomic mass is 32.2. The Balaban J connectivity index is 1.67. The average Bonchev–Trinajstić information content (AvgIpc) is 3.39. The Morgan fingerprint density at radius 3 is 2.49 bits per heavy atom. The number of anilines is 1. The summed E-state index contributed by atoms with van der Waals surface area (Å²) >= 11 is 1.05. The predicted octanol–water partition coefficient (Wildman–Crippen LogP) is 5.38. The van der Waals surface area contributed by atoms with Crippen LogP contribution >= 0.6 is 11.3 Å². The lowest BCUT2D eigenvalue weighted by molar-refractivity contribution is 0.416. The van der Waals surface area contributed by atoms with Crippen molar-refractivity contribution in [1.82, 2.24) is 15.2 Å². The van der Waals surface area contributed by atoms with Gasteiger partial charge in [0, 0.05) is 28.8 Å². The number of benzene rings is 3. The van der Waals surface area contributed by atoms with Crippen molar-refractivity contribution in [3.05, 3.63) is 83.5 Å². The molecule has 3 aromatic carbocycles. The molecule has 8 nitrogen and oxygen atoms in total. The molecule has 184 valence electrons. The molecule has 1 N–H and O–H groups in total. The van der Waals surface area contributed by atoms with E-state index in [9.17, 15) is 22.5 Å². The Morgan fingerprint density at radius 2 is 1.81 bits per heavy atom. The third kappa shape index (κ3) is 4.69. The van der Waals surface area contributed by atoms with Crippen molar-refractivity contribution in [3.63, 3.8) is 0 Å². The van der Waals surface area contributed by atoms with E-state index in [0.717, 1.165) is 29.5 Å². The molecule has 0 unspecified atom stereocenters. The number of sulfonamides is 1. The van der Waals surface area contributed by atoms with Gasteiger partial charge in [0.05, 0.1) is 29.3 Å². The fourth-order valence-electron chi connectivity index (χ4n) is 3.90. The Kier molecular flexibility index (Phi) is 6.24. The summed E-state index contributed by atoms with van der Waals surface area (Å²) in [5.41, 5.74) is 2.91. The van der Waals surface area contributed by atoms with Gasteiger partial charge in [-0.2, -0.15) is 5.26 Å². The minimum absolute atomic E-state index is 0.00932. The van der Waals surface area contributed by atoms with E-state index in [2.05, 4.69) is 19.9 Å². The Hall–Kier alpha value is -4.47. The molecule has 0 bridgehead atoms. The van der Waals surface area contributed by atoms with Crippen molar-refractivity contribution in [2.24, 2.45) is 0 Å². The van der Waals surface area contributed by atoms with Crippen molar-refractivity contribution in [2.75, 3.05) is 11.8 Å². The van der Waals surface area contributed by atoms with Crippen molar-refractivity contribution in [3.8, 4) is 34.2 Å². The third-order valence-electron chi connectivity index (χ3n) is 5.52. The van der Waals surface area contributed by atoms with Gasteiger partial charge >= 0.3 is 0 Å². The maximum absolute atomic E-state index is 14.0. The first-order valence-electron chi connectivity index (χ1n) is 10.6. The number of pyridine rings is 1. The third-order valence-corrected chi connectivity index (χ3v) is 7.59. The summed E-state index contributed by atoms with van der Waals surface area (Å²) in [5.74, 6) is -1.25. The molecule has 0 fully saturated rings. The van der Waals surface area contributed by atoms with E-state index in [1.54, 1.807) is 18.2 Å². The van der Waals surface area contributed by atoms with Crippen LogP contribution in [-0.4, -0.2) is 30.7 Å². The lowest BCUT2D eigenvalue weighted by Gasteiger charge is -2.15. The van der Waals surface area contributed by atoms with Crippen LogP contribution in [0, 0.1) is 23.0 Å². The molecule has 0 spiro atoms. The summed E-state index contributed by atoms with van der Waals surface area (Å²) < 4.78 is 61.5. The minimum Gasteiger partial charge on any atom is -0.496 e. The van der Waals surface area contributed by atoms with Gasteiger partial charge in [-0.05, 0) is 53.4 Å².